The number of carbonyl (C=O) groups is 3. The number of nitrogens with one attached hydrogen (secondary N) is 3. The van der Waals surface area contributed by atoms with Crippen LogP contribution in [0.5, 0.6) is 11.5 Å². The van der Waals surface area contributed by atoms with E-state index in [9.17, 15) is 14.4 Å². The number of rotatable bonds is 7. The second-order valence-electron chi connectivity index (χ2n) is 7.04. The van der Waals surface area contributed by atoms with Gasteiger partial charge in [0.1, 0.15) is 6.04 Å². The molecule has 1 atom stereocenters. The summed E-state index contributed by atoms with van der Waals surface area (Å²) in [5.74, 6) is -0.451. The van der Waals surface area contributed by atoms with Crippen molar-refractivity contribution in [3.8, 4) is 11.5 Å². The number of para-hydroxylation sites is 1. The minimum atomic E-state index is -0.921. The third-order valence-corrected chi connectivity index (χ3v) is 4.76. The number of carbonyl (C=O) groups excluding carboxylic acids is 3. The lowest BCUT2D eigenvalue weighted by atomic mass is 10.0. The number of benzene rings is 2. The fourth-order valence-electron chi connectivity index (χ4n) is 3.37. The second kappa shape index (κ2) is 8.78. The minimum absolute atomic E-state index is 0.130. The molecule has 3 N–H and O–H groups in total. The molecule has 0 bridgehead atoms. The van der Waals surface area contributed by atoms with Crippen LogP contribution in [0, 0.1) is 0 Å². The Balaban J connectivity index is 1.37. The molecule has 0 spiro atoms. The number of aromatic amines is 1. The summed E-state index contributed by atoms with van der Waals surface area (Å²) in [6, 6.07) is 11.7. The molecular weight excluding hydrogens is 402 g/mol. The zero-order chi connectivity index (χ0) is 21.8. The predicted molar refractivity (Wildman–Crippen MR) is 112 cm³/mol. The second-order valence-corrected chi connectivity index (χ2v) is 7.04. The molecule has 0 radical (unpaired) electrons. The lowest BCUT2D eigenvalue weighted by Crippen LogP contribution is -2.43. The Kier molecular flexibility index (Phi) is 5.74. The molecule has 1 aliphatic rings. The van der Waals surface area contributed by atoms with Crippen LogP contribution in [0.2, 0.25) is 0 Å². The number of hydrogen-bond acceptors (Lipinski definition) is 6. The van der Waals surface area contributed by atoms with E-state index in [4.69, 9.17) is 14.2 Å². The van der Waals surface area contributed by atoms with Gasteiger partial charge in [0.05, 0.1) is 0 Å². The van der Waals surface area contributed by atoms with E-state index in [1.807, 2.05) is 24.3 Å². The molecule has 1 aliphatic heterocycles. The van der Waals surface area contributed by atoms with E-state index < -0.39 is 24.5 Å². The summed E-state index contributed by atoms with van der Waals surface area (Å²) in [6.07, 6.45) is 2.02. The van der Waals surface area contributed by atoms with Crippen LogP contribution < -0.4 is 20.1 Å². The molecule has 4 rings (SSSR count). The summed E-state index contributed by atoms with van der Waals surface area (Å²) in [7, 11) is 0. The molecule has 3 aromatic rings. The number of anilines is 1. The van der Waals surface area contributed by atoms with E-state index in [0.717, 1.165) is 16.5 Å². The maximum atomic E-state index is 12.6. The monoisotopic (exact) mass is 423 g/mol. The topological polar surface area (TPSA) is 119 Å². The highest BCUT2D eigenvalue weighted by atomic mass is 16.7. The van der Waals surface area contributed by atoms with Crippen LogP contribution in [0.15, 0.2) is 48.7 Å². The van der Waals surface area contributed by atoms with Crippen molar-refractivity contribution in [2.45, 2.75) is 19.4 Å². The Labute approximate surface area is 177 Å². The van der Waals surface area contributed by atoms with E-state index in [-0.39, 0.29) is 19.1 Å². The number of aromatic nitrogens is 1. The largest absolute Gasteiger partial charge is 0.454 e. The first-order valence-electron chi connectivity index (χ1n) is 9.68. The van der Waals surface area contributed by atoms with Gasteiger partial charge in [-0.25, -0.2) is 4.79 Å². The number of esters is 1. The van der Waals surface area contributed by atoms with Gasteiger partial charge in [0.25, 0.3) is 5.91 Å². The molecule has 160 valence electrons. The van der Waals surface area contributed by atoms with Gasteiger partial charge in [-0.1, -0.05) is 18.2 Å². The van der Waals surface area contributed by atoms with Crippen molar-refractivity contribution < 1.29 is 28.6 Å². The number of H-pyrrole nitrogens is 1. The third-order valence-electron chi connectivity index (χ3n) is 4.76. The van der Waals surface area contributed by atoms with Gasteiger partial charge in [-0.15, -0.1) is 0 Å². The SMILES string of the molecule is CC(=O)N[C@H](Cc1c[nH]c2ccccc12)C(=O)OCC(=O)Nc1ccc2c(c1)OCO2. The van der Waals surface area contributed by atoms with Crippen LogP contribution in [-0.2, 0) is 25.5 Å². The van der Waals surface area contributed by atoms with Crippen LogP contribution in [0.4, 0.5) is 5.69 Å². The van der Waals surface area contributed by atoms with E-state index in [0.29, 0.717) is 17.2 Å². The smallest absolute Gasteiger partial charge is 0.329 e. The standard InChI is InChI=1S/C22H21N3O6/c1-13(26)24-18(8-14-10-23-17-5-3-2-4-16(14)17)22(28)29-11-21(27)25-15-6-7-19-20(9-15)31-12-30-19/h2-7,9-10,18,23H,8,11-12H2,1H3,(H,24,26)(H,25,27)/t18-/m1/s1. The average molecular weight is 423 g/mol. The molecule has 2 heterocycles. The maximum Gasteiger partial charge on any atom is 0.329 e. The predicted octanol–water partition coefficient (Wildman–Crippen LogP) is 2.13. The van der Waals surface area contributed by atoms with Crippen LogP contribution in [0.3, 0.4) is 0 Å². The molecular formula is C22H21N3O6. The van der Waals surface area contributed by atoms with Crippen LogP contribution in [0.1, 0.15) is 12.5 Å². The van der Waals surface area contributed by atoms with Crippen LogP contribution in [0.25, 0.3) is 10.9 Å². The average Bonchev–Trinajstić information content (AvgIpc) is 3.38. The van der Waals surface area contributed by atoms with Crippen molar-refractivity contribution in [2.75, 3.05) is 18.7 Å². The molecule has 0 saturated carbocycles. The molecule has 31 heavy (non-hydrogen) atoms. The first-order valence-corrected chi connectivity index (χ1v) is 9.68. The van der Waals surface area contributed by atoms with Crippen molar-refractivity contribution in [2.24, 2.45) is 0 Å². The minimum Gasteiger partial charge on any atom is -0.454 e. The maximum absolute atomic E-state index is 12.6. The summed E-state index contributed by atoms with van der Waals surface area (Å²) in [4.78, 5) is 39.5. The van der Waals surface area contributed by atoms with Gasteiger partial charge in [0.2, 0.25) is 12.7 Å². The Bertz CT molecular complexity index is 1140. The zero-order valence-corrected chi connectivity index (χ0v) is 16.8. The van der Waals surface area contributed by atoms with Crippen molar-refractivity contribution in [1.29, 1.82) is 0 Å². The molecule has 0 aliphatic carbocycles. The molecule has 9 nitrogen and oxygen atoms in total. The van der Waals surface area contributed by atoms with Gasteiger partial charge in [-0.3, -0.25) is 9.59 Å². The van der Waals surface area contributed by atoms with Crippen molar-refractivity contribution >= 4 is 34.4 Å². The summed E-state index contributed by atoms with van der Waals surface area (Å²) in [5, 5.41) is 6.18. The summed E-state index contributed by atoms with van der Waals surface area (Å²) < 4.78 is 15.7. The third kappa shape index (κ3) is 4.77. The molecule has 9 heteroatoms. The van der Waals surface area contributed by atoms with Gasteiger partial charge < -0.3 is 29.8 Å². The van der Waals surface area contributed by atoms with Crippen molar-refractivity contribution in [3.63, 3.8) is 0 Å². The lowest BCUT2D eigenvalue weighted by molar-refractivity contribution is -0.150. The quantitative estimate of drug-likeness (QED) is 0.501. The lowest BCUT2D eigenvalue weighted by Gasteiger charge is -2.16. The van der Waals surface area contributed by atoms with E-state index in [1.54, 1.807) is 24.4 Å². The molecule has 2 amide bonds. The molecule has 1 aromatic heterocycles. The highest BCUT2D eigenvalue weighted by molar-refractivity contribution is 5.94. The summed E-state index contributed by atoms with van der Waals surface area (Å²) in [6.45, 7) is 0.963. The Morgan fingerprint density at radius 1 is 1.13 bits per heavy atom. The van der Waals surface area contributed by atoms with Crippen molar-refractivity contribution in [1.82, 2.24) is 10.3 Å². The van der Waals surface area contributed by atoms with Crippen molar-refractivity contribution in [3.05, 3.63) is 54.2 Å². The molecule has 0 saturated heterocycles. The van der Waals surface area contributed by atoms with Gasteiger partial charge in [-0.2, -0.15) is 0 Å². The van der Waals surface area contributed by atoms with Gasteiger partial charge in [0.15, 0.2) is 18.1 Å². The number of amides is 2. The normalized spacial score (nSPS) is 12.9. The zero-order valence-electron chi connectivity index (χ0n) is 16.8. The summed E-state index contributed by atoms with van der Waals surface area (Å²) >= 11 is 0. The molecule has 0 fully saturated rings. The molecule has 0 unspecified atom stereocenters. The first-order chi connectivity index (χ1) is 15.0. The molecule has 2 aromatic carbocycles. The van der Waals surface area contributed by atoms with Gasteiger partial charge in [0, 0.05) is 42.2 Å². The highest BCUT2D eigenvalue weighted by Gasteiger charge is 2.24. The Hall–Kier alpha value is -4.01. The fourth-order valence-corrected chi connectivity index (χ4v) is 3.37. The number of hydrogen-bond donors (Lipinski definition) is 3. The number of fused-ring (bicyclic) bond motifs is 2. The first kappa shape index (κ1) is 20.3. The fraction of sp³-hybridized carbons (Fsp3) is 0.227. The van der Waals surface area contributed by atoms with E-state index in [1.165, 1.54) is 6.92 Å². The van der Waals surface area contributed by atoms with Gasteiger partial charge >= 0.3 is 5.97 Å². The Morgan fingerprint density at radius 2 is 1.94 bits per heavy atom. The highest BCUT2D eigenvalue weighted by Crippen LogP contribution is 2.34. The van der Waals surface area contributed by atoms with Crippen LogP contribution >= 0.6 is 0 Å². The number of ether oxygens (including phenoxy) is 3. The van der Waals surface area contributed by atoms with Crippen LogP contribution in [-0.4, -0.2) is 42.2 Å². The summed E-state index contributed by atoms with van der Waals surface area (Å²) in [5.41, 5.74) is 2.27. The van der Waals surface area contributed by atoms with E-state index >= 15 is 0 Å². The Morgan fingerprint density at radius 3 is 2.77 bits per heavy atom. The van der Waals surface area contributed by atoms with Gasteiger partial charge in [-0.05, 0) is 23.8 Å². The van der Waals surface area contributed by atoms with E-state index in [2.05, 4.69) is 15.6 Å².